The Morgan fingerprint density at radius 1 is 1.60 bits per heavy atom. The van der Waals surface area contributed by atoms with Gasteiger partial charge in [-0.1, -0.05) is 18.7 Å². The number of ether oxygens (including phenoxy) is 1. The fourth-order valence-corrected chi connectivity index (χ4v) is 0.285. The maximum atomic E-state index is 10.3. The number of carbonyl (C=O) groups is 1. The third kappa shape index (κ3) is 4.77. The van der Waals surface area contributed by atoms with E-state index in [4.69, 9.17) is 0 Å². The molecule has 0 spiro atoms. The summed E-state index contributed by atoms with van der Waals surface area (Å²) in [5, 5.41) is 0. The summed E-state index contributed by atoms with van der Waals surface area (Å²) in [7, 11) is 1.27. The van der Waals surface area contributed by atoms with Gasteiger partial charge in [-0.25, -0.2) is 4.79 Å². The molecule has 0 aliphatic carbocycles. The first-order chi connectivity index (χ1) is 4.81. The summed E-state index contributed by atoms with van der Waals surface area (Å²) < 4.78 is 4.23. The zero-order valence-corrected chi connectivity index (χ0v) is 5.78. The van der Waals surface area contributed by atoms with E-state index in [-0.39, 0.29) is 0 Å². The van der Waals surface area contributed by atoms with E-state index in [9.17, 15) is 4.79 Å². The Morgan fingerprint density at radius 3 is 2.80 bits per heavy atom. The molecule has 0 saturated heterocycles. The Bertz CT molecular complexity index is 170. The summed E-state index contributed by atoms with van der Waals surface area (Å²) >= 11 is 0. The van der Waals surface area contributed by atoms with Gasteiger partial charge in [-0.3, -0.25) is 0 Å². The molecule has 0 N–H and O–H groups in total. The molecule has 3 heteroatoms. The summed E-state index contributed by atoms with van der Waals surface area (Å²) in [6.45, 7) is 3.43. The molecule has 54 valence electrons. The van der Waals surface area contributed by atoms with Crippen molar-refractivity contribution in [3.05, 3.63) is 24.8 Å². The van der Waals surface area contributed by atoms with E-state index < -0.39 is 6.09 Å². The third-order valence-electron chi connectivity index (χ3n) is 0.688. The van der Waals surface area contributed by atoms with Gasteiger partial charge in [0.15, 0.2) is 0 Å². The SMILES string of the molecule is C=C/C=C\C=N\C(=O)OC. The van der Waals surface area contributed by atoms with Crippen LogP contribution in [-0.4, -0.2) is 19.4 Å². The van der Waals surface area contributed by atoms with Gasteiger partial charge in [-0.15, -0.1) is 0 Å². The Labute approximate surface area is 59.7 Å². The summed E-state index contributed by atoms with van der Waals surface area (Å²) in [4.78, 5) is 13.7. The van der Waals surface area contributed by atoms with Crippen LogP contribution in [0, 0.1) is 0 Å². The molecular weight excluding hydrogens is 130 g/mol. The third-order valence-corrected chi connectivity index (χ3v) is 0.688. The lowest BCUT2D eigenvalue weighted by Crippen LogP contribution is -1.91. The van der Waals surface area contributed by atoms with Crippen molar-refractivity contribution < 1.29 is 9.53 Å². The van der Waals surface area contributed by atoms with E-state index >= 15 is 0 Å². The molecule has 0 bridgehead atoms. The average molecular weight is 139 g/mol. The molecule has 0 unspecified atom stereocenters. The number of hydrogen-bond acceptors (Lipinski definition) is 2. The molecule has 0 fully saturated rings. The largest absolute Gasteiger partial charge is 0.451 e. The fraction of sp³-hybridized carbons (Fsp3) is 0.143. The first-order valence-corrected chi connectivity index (χ1v) is 2.71. The van der Waals surface area contributed by atoms with Gasteiger partial charge in [0.25, 0.3) is 0 Å². The van der Waals surface area contributed by atoms with Gasteiger partial charge in [-0.2, -0.15) is 4.99 Å². The Kier molecular flexibility index (Phi) is 4.96. The zero-order valence-electron chi connectivity index (χ0n) is 5.78. The highest BCUT2D eigenvalue weighted by Crippen LogP contribution is 1.77. The van der Waals surface area contributed by atoms with Crippen molar-refractivity contribution >= 4 is 12.3 Å². The number of amides is 1. The first-order valence-electron chi connectivity index (χ1n) is 2.71. The van der Waals surface area contributed by atoms with E-state index in [0.717, 1.165) is 0 Å². The van der Waals surface area contributed by atoms with Crippen molar-refractivity contribution in [2.45, 2.75) is 0 Å². The molecular formula is C7H9NO2. The van der Waals surface area contributed by atoms with Gasteiger partial charge < -0.3 is 4.74 Å². The highest BCUT2D eigenvalue weighted by atomic mass is 16.5. The van der Waals surface area contributed by atoms with Gasteiger partial charge in [0, 0.05) is 6.21 Å². The molecule has 0 radical (unpaired) electrons. The van der Waals surface area contributed by atoms with Crippen LogP contribution in [-0.2, 0) is 4.74 Å². The van der Waals surface area contributed by atoms with Gasteiger partial charge in [0.05, 0.1) is 7.11 Å². The van der Waals surface area contributed by atoms with Crippen LogP contribution < -0.4 is 0 Å². The first kappa shape index (κ1) is 8.62. The highest BCUT2D eigenvalue weighted by Gasteiger charge is 1.87. The lowest BCUT2D eigenvalue weighted by atomic mass is 10.5. The Balaban J connectivity index is 3.65. The minimum absolute atomic E-state index is 0.603. The van der Waals surface area contributed by atoms with Gasteiger partial charge in [0.2, 0.25) is 0 Å². The molecule has 0 saturated carbocycles. The van der Waals surface area contributed by atoms with E-state index in [1.54, 1.807) is 18.2 Å². The van der Waals surface area contributed by atoms with Crippen LogP contribution in [0.25, 0.3) is 0 Å². The number of rotatable bonds is 2. The van der Waals surface area contributed by atoms with E-state index in [2.05, 4.69) is 16.3 Å². The molecule has 10 heavy (non-hydrogen) atoms. The fourth-order valence-electron chi connectivity index (χ4n) is 0.285. The van der Waals surface area contributed by atoms with Crippen LogP contribution in [0.15, 0.2) is 29.8 Å². The number of aliphatic imine (C=N–C) groups is 1. The molecule has 0 aromatic heterocycles. The van der Waals surface area contributed by atoms with Crippen LogP contribution in [0.1, 0.15) is 0 Å². The molecule has 0 aromatic carbocycles. The van der Waals surface area contributed by atoms with Crippen LogP contribution in [0.2, 0.25) is 0 Å². The predicted octanol–water partition coefficient (Wildman–Crippen LogP) is 1.57. The van der Waals surface area contributed by atoms with Crippen LogP contribution in [0.4, 0.5) is 4.79 Å². The topological polar surface area (TPSA) is 38.7 Å². The van der Waals surface area contributed by atoms with E-state index in [0.29, 0.717) is 0 Å². The lowest BCUT2D eigenvalue weighted by Gasteiger charge is -1.84. The van der Waals surface area contributed by atoms with Gasteiger partial charge >= 0.3 is 6.09 Å². The molecule has 1 amide bonds. The van der Waals surface area contributed by atoms with Crippen molar-refractivity contribution in [1.29, 1.82) is 0 Å². The molecule has 0 aromatic rings. The van der Waals surface area contributed by atoms with Gasteiger partial charge in [0.1, 0.15) is 0 Å². The molecule has 0 atom stereocenters. The molecule has 0 rings (SSSR count). The monoisotopic (exact) mass is 139 g/mol. The van der Waals surface area contributed by atoms with E-state index in [1.807, 2.05) is 0 Å². The number of hydrogen-bond donors (Lipinski definition) is 0. The Morgan fingerprint density at radius 2 is 2.30 bits per heavy atom. The average Bonchev–Trinajstić information content (AvgIpc) is 1.98. The molecule has 3 nitrogen and oxygen atoms in total. The lowest BCUT2D eigenvalue weighted by molar-refractivity contribution is 0.183. The molecule has 0 aliphatic rings. The second-order valence-electron chi connectivity index (χ2n) is 1.37. The number of methoxy groups -OCH3 is 1. The highest BCUT2D eigenvalue weighted by molar-refractivity contribution is 5.84. The predicted molar refractivity (Wildman–Crippen MR) is 40.2 cm³/mol. The summed E-state index contributed by atoms with van der Waals surface area (Å²) in [6, 6.07) is 0. The normalized spacial score (nSPS) is 10.5. The van der Waals surface area contributed by atoms with Crippen molar-refractivity contribution in [2.24, 2.45) is 4.99 Å². The van der Waals surface area contributed by atoms with Crippen LogP contribution >= 0.6 is 0 Å². The minimum Gasteiger partial charge on any atom is -0.451 e. The van der Waals surface area contributed by atoms with Gasteiger partial charge in [-0.05, 0) is 6.08 Å². The summed E-state index contributed by atoms with van der Waals surface area (Å²) in [6.07, 6.45) is 5.57. The standard InChI is InChI=1S/C7H9NO2/c1-3-4-5-6-8-7(9)10-2/h3-6H,1H2,2H3/b5-4-,8-6+. The summed E-state index contributed by atoms with van der Waals surface area (Å²) in [5.41, 5.74) is 0. The van der Waals surface area contributed by atoms with Crippen LogP contribution in [0.5, 0.6) is 0 Å². The second kappa shape index (κ2) is 5.75. The molecule has 0 heterocycles. The quantitative estimate of drug-likeness (QED) is 0.430. The summed E-state index contributed by atoms with van der Waals surface area (Å²) in [5.74, 6) is 0. The smallest absolute Gasteiger partial charge is 0.433 e. The zero-order chi connectivity index (χ0) is 7.82. The second-order valence-corrected chi connectivity index (χ2v) is 1.37. The molecule has 0 aliphatic heterocycles. The van der Waals surface area contributed by atoms with Crippen LogP contribution in [0.3, 0.4) is 0 Å². The maximum absolute atomic E-state index is 10.3. The van der Waals surface area contributed by atoms with Crippen molar-refractivity contribution in [2.75, 3.05) is 7.11 Å². The number of nitrogens with zero attached hydrogens (tertiary/aromatic N) is 1. The maximum Gasteiger partial charge on any atom is 0.433 e. The minimum atomic E-state index is -0.603. The van der Waals surface area contributed by atoms with Crippen molar-refractivity contribution in [3.63, 3.8) is 0 Å². The van der Waals surface area contributed by atoms with Crippen molar-refractivity contribution in [1.82, 2.24) is 0 Å². The Hall–Kier alpha value is -1.38. The van der Waals surface area contributed by atoms with E-state index in [1.165, 1.54) is 13.3 Å². The number of carbonyl (C=O) groups excluding carboxylic acids is 1. The van der Waals surface area contributed by atoms with Crippen molar-refractivity contribution in [3.8, 4) is 0 Å². The number of allylic oxidation sites excluding steroid dienone is 3.